The third kappa shape index (κ3) is 3.88. The van der Waals surface area contributed by atoms with E-state index in [0.717, 1.165) is 4.88 Å². The Bertz CT molecular complexity index is 613. The molecule has 6 heteroatoms. The quantitative estimate of drug-likeness (QED) is 0.833. The number of nitrogens with two attached hydrogens (primary N) is 1. The second kappa shape index (κ2) is 6.63. The van der Waals surface area contributed by atoms with Crippen LogP contribution < -0.4 is 15.8 Å². The molecule has 2 rings (SSSR count). The Balaban J connectivity index is 2.04. The molecule has 0 aliphatic heterocycles. The zero-order valence-electron chi connectivity index (χ0n) is 11.0. The van der Waals surface area contributed by atoms with E-state index in [1.807, 2.05) is 13.0 Å². The number of benzene rings is 1. The predicted octanol–water partition coefficient (Wildman–Crippen LogP) is 3.31. The topological polar surface area (TPSA) is 64.3 Å². The summed E-state index contributed by atoms with van der Waals surface area (Å²) >= 11 is 7.28. The average Bonchev–Trinajstić information content (AvgIpc) is 2.81. The van der Waals surface area contributed by atoms with E-state index in [4.69, 9.17) is 22.1 Å². The van der Waals surface area contributed by atoms with Crippen molar-refractivity contribution in [2.24, 2.45) is 0 Å². The summed E-state index contributed by atoms with van der Waals surface area (Å²) < 4.78 is 6.07. The van der Waals surface area contributed by atoms with Gasteiger partial charge in [-0.05, 0) is 31.2 Å². The first-order valence-electron chi connectivity index (χ1n) is 6.14. The van der Waals surface area contributed by atoms with Crippen molar-refractivity contribution in [3.05, 3.63) is 45.1 Å². The molecule has 0 atom stereocenters. The summed E-state index contributed by atoms with van der Waals surface area (Å²) in [6.07, 6.45) is 0. The lowest BCUT2D eigenvalue weighted by molar-refractivity contribution is 0.0951. The fourth-order valence-electron chi connectivity index (χ4n) is 1.72. The van der Waals surface area contributed by atoms with Crippen molar-refractivity contribution >= 4 is 34.5 Å². The Kier molecular flexibility index (Phi) is 4.87. The van der Waals surface area contributed by atoms with E-state index >= 15 is 0 Å². The molecular weight excluding hydrogens is 296 g/mol. The van der Waals surface area contributed by atoms with Crippen LogP contribution in [0.3, 0.4) is 0 Å². The third-order valence-corrected chi connectivity index (χ3v) is 3.79. The minimum Gasteiger partial charge on any atom is -0.494 e. The molecule has 0 bridgehead atoms. The van der Waals surface area contributed by atoms with Gasteiger partial charge < -0.3 is 15.8 Å². The fraction of sp³-hybridized carbons (Fsp3) is 0.214. The van der Waals surface area contributed by atoms with E-state index in [-0.39, 0.29) is 5.91 Å². The molecule has 0 saturated carbocycles. The second-order valence-electron chi connectivity index (χ2n) is 4.11. The summed E-state index contributed by atoms with van der Waals surface area (Å²) in [6.45, 7) is 2.84. The van der Waals surface area contributed by atoms with Crippen LogP contribution >= 0.6 is 22.9 Å². The number of anilines is 1. The van der Waals surface area contributed by atoms with Gasteiger partial charge in [-0.15, -0.1) is 11.3 Å². The number of nitrogen functional groups attached to an aromatic ring is 1. The van der Waals surface area contributed by atoms with Gasteiger partial charge in [-0.2, -0.15) is 0 Å². The first-order valence-corrected chi connectivity index (χ1v) is 7.33. The molecule has 0 spiro atoms. The van der Waals surface area contributed by atoms with E-state index in [0.29, 0.717) is 34.5 Å². The Morgan fingerprint density at radius 3 is 2.85 bits per heavy atom. The lowest BCUT2D eigenvalue weighted by atomic mass is 10.1. The summed E-state index contributed by atoms with van der Waals surface area (Å²) in [5, 5.41) is 2.83. The van der Waals surface area contributed by atoms with Crippen molar-refractivity contribution in [3.8, 4) is 5.75 Å². The molecule has 0 saturated heterocycles. The number of nitrogens with one attached hydrogen (secondary N) is 1. The van der Waals surface area contributed by atoms with Crippen LogP contribution in [0, 0.1) is 0 Å². The monoisotopic (exact) mass is 310 g/mol. The molecule has 0 unspecified atom stereocenters. The number of hydrogen-bond acceptors (Lipinski definition) is 4. The molecule has 2 aromatic rings. The standard InChI is InChI=1S/C14H15ClN2O2S/c1-2-19-11-6-9(5-10(16)7-11)14(18)17-8-12-3-4-13(15)20-12/h3-7H,2,8,16H2,1H3,(H,17,18). The minimum absolute atomic E-state index is 0.192. The molecule has 106 valence electrons. The van der Waals surface area contributed by atoms with Crippen LogP contribution in [0.4, 0.5) is 5.69 Å². The number of hydrogen-bond donors (Lipinski definition) is 2. The highest BCUT2D eigenvalue weighted by molar-refractivity contribution is 7.16. The van der Waals surface area contributed by atoms with Crippen LogP contribution in [0.1, 0.15) is 22.2 Å². The maximum atomic E-state index is 12.1. The van der Waals surface area contributed by atoms with Gasteiger partial charge in [0.05, 0.1) is 17.5 Å². The molecule has 0 fully saturated rings. The number of halogens is 1. The van der Waals surface area contributed by atoms with Gasteiger partial charge in [-0.1, -0.05) is 11.6 Å². The summed E-state index contributed by atoms with van der Waals surface area (Å²) in [6, 6.07) is 8.69. The van der Waals surface area contributed by atoms with Gasteiger partial charge in [-0.3, -0.25) is 4.79 Å². The molecule has 20 heavy (non-hydrogen) atoms. The Hall–Kier alpha value is -1.72. The normalized spacial score (nSPS) is 10.3. The van der Waals surface area contributed by atoms with Crippen molar-refractivity contribution in [2.45, 2.75) is 13.5 Å². The number of rotatable bonds is 5. The third-order valence-electron chi connectivity index (χ3n) is 2.55. The maximum Gasteiger partial charge on any atom is 0.251 e. The highest BCUT2D eigenvalue weighted by Crippen LogP contribution is 2.22. The van der Waals surface area contributed by atoms with Gasteiger partial charge in [0.15, 0.2) is 0 Å². The van der Waals surface area contributed by atoms with Gasteiger partial charge in [-0.25, -0.2) is 0 Å². The summed E-state index contributed by atoms with van der Waals surface area (Å²) in [5.74, 6) is 0.402. The smallest absolute Gasteiger partial charge is 0.251 e. The van der Waals surface area contributed by atoms with Crippen LogP contribution in [0.25, 0.3) is 0 Å². The molecule has 0 radical (unpaired) electrons. The highest BCUT2D eigenvalue weighted by atomic mass is 35.5. The number of amides is 1. The van der Waals surface area contributed by atoms with Gasteiger partial charge in [0.1, 0.15) is 5.75 Å². The van der Waals surface area contributed by atoms with Crippen molar-refractivity contribution in [2.75, 3.05) is 12.3 Å². The summed E-state index contributed by atoms with van der Waals surface area (Å²) in [4.78, 5) is 13.1. The Morgan fingerprint density at radius 1 is 1.40 bits per heavy atom. The van der Waals surface area contributed by atoms with Gasteiger partial charge in [0.25, 0.3) is 5.91 Å². The zero-order chi connectivity index (χ0) is 14.5. The molecule has 1 amide bonds. The largest absolute Gasteiger partial charge is 0.494 e. The number of thiophene rings is 1. The fourth-order valence-corrected chi connectivity index (χ4v) is 2.75. The van der Waals surface area contributed by atoms with E-state index in [9.17, 15) is 4.79 Å². The summed E-state index contributed by atoms with van der Waals surface area (Å²) in [7, 11) is 0. The highest BCUT2D eigenvalue weighted by Gasteiger charge is 2.09. The molecular formula is C14H15ClN2O2S. The molecule has 0 aliphatic rings. The predicted molar refractivity (Wildman–Crippen MR) is 82.5 cm³/mol. The van der Waals surface area contributed by atoms with Crippen molar-refractivity contribution in [3.63, 3.8) is 0 Å². The van der Waals surface area contributed by atoms with Crippen LogP contribution in [0.15, 0.2) is 30.3 Å². The first-order chi connectivity index (χ1) is 9.58. The first kappa shape index (κ1) is 14.7. The van der Waals surface area contributed by atoms with Crippen LogP contribution in [-0.2, 0) is 6.54 Å². The SMILES string of the molecule is CCOc1cc(N)cc(C(=O)NCc2ccc(Cl)s2)c1. The van der Waals surface area contributed by atoms with E-state index in [1.54, 1.807) is 24.3 Å². The van der Waals surface area contributed by atoms with E-state index < -0.39 is 0 Å². The van der Waals surface area contributed by atoms with Crippen molar-refractivity contribution in [1.29, 1.82) is 0 Å². The maximum absolute atomic E-state index is 12.1. The van der Waals surface area contributed by atoms with Gasteiger partial charge in [0.2, 0.25) is 0 Å². The zero-order valence-corrected chi connectivity index (χ0v) is 12.6. The van der Waals surface area contributed by atoms with Gasteiger partial charge in [0, 0.05) is 22.2 Å². The molecule has 3 N–H and O–H groups in total. The van der Waals surface area contributed by atoms with Gasteiger partial charge >= 0.3 is 0 Å². The van der Waals surface area contributed by atoms with Crippen LogP contribution in [0.2, 0.25) is 4.34 Å². The average molecular weight is 311 g/mol. The lowest BCUT2D eigenvalue weighted by Gasteiger charge is -2.08. The Labute approximate surface area is 126 Å². The molecule has 0 aliphatic carbocycles. The number of ether oxygens (including phenoxy) is 1. The van der Waals surface area contributed by atoms with Crippen LogP contribution in [-0.4, -0.2) is 12.5 Å². The number of carbonyl (C=O) groups is 1. The second-order valence-corrected chi connectivity index (χ2v) is 5.91. The lowest BCUT2D eigenvalue weighted by Crippen LogP contribution is -2.22. The van der Waals surface area contributed by atoms with E-state index in [2.05, 4.69) is 5.32 Å². The molecule has 4 nitrogen and oxygen atoms in total. The number of carbonyl (C=O) groups excluding carboxylic acids is 1. The summed E-state index contributed by atoms with van der Waals surface area (Å²) in [5.41, 5.74) is 6.75. The van der Waals surface area contributed by atoms with Crippen LogP contribution in [0.5, 0.6) is 5.75 Å². The Morgan fingerprint density at radius 2 is 2.20 bits per heavy atom. The van der Waals surface area contributed by atoms with Crippen molar-refractivity contribution in [1.82, 2.24) is 5.32 Å². The molecule has 1 aromatic carbocycles. The minimum atomic E-state index is -0.192. The van der Waals surface area contributed by atoms with Crippen molar-refractivity contribution < 1.29 is 9.53 Å². The molecule has 1 aromatic heterocycles. The van der Waals surface area contributed by atoms with E-state index in [1.165, 1.54) is 11.3 Å². The molecule has 1 heterocycles.